The van der Waals surface area contributed by atoms with Gasteiger partial charge < -0.3 is 5.11 Å². The molecule has 0 bridgehead atoms. The number of carboxylic acid groups (broad SMARTS) is 1. The second-order valence-electron chi connectivity index (χ2n) is 6.06. The molecule has 0 radical (unpaired) electrons. The van der Waals surface area contributed by atoms with Crippen molar-refractivity contribution in [3.05, 3.63) is 80.5 Å². The summed E-state index contributed by atoms with van der Waals surface area (Å²) in [4.78, 5) is 39.6. The van der Waals surface area contributed by atoms with Crippen LogP contribution >= 0.6 is 11.8 Å². The van der Waals surface area contributed by atoms with Gasteiger partial charge in [-0.2, -0.15) is 0 Å². The third kappa shape index (κ3) is 3.88. The lowest BCUT2D eigenvalue weighted by atomic mass is 10.0. The quantitative estimate of drug-likeness (QED) is 0.662. The lowest BCUT2D eigenvalue weighted by molar-refractivity contribution is -0.136. The van der Waals surface area contributed by atoms with Crippen LogP contribution in [0.5, 0.6) is 0 Å². The molecule has 0 spiro atoms. The van der Waals surface area contributed by atoms with Crippen molar-refractivity contribution < 1.29 is 9.90 Å². The minimum Gasteiger partial charge on any atom is -0.481 e. The summed E-state index contributed by atoms with van der Waals surface area (Å²) in [6.45, 7) is 1.92. The Kier molecular flexibility index (Phi) is 5.32. The Morgan fingerprint density at radius 1 is 1.07 bits per heavy atom. The first kappa shape index (κ1) is 18.7. The molecule has 0 unspecified atom stereocenters. The number of hydrogen-bond donors (Lipinski definition) is 2. The van der Waals surface area contributed by atoms with E-state index in [2.05, 4.69) is 4.98 Å². The third-order valence-electron chi connectivity index (χ3n) is 4.19. The molecule has 1 heterocycles. The van der Waals surface area contributed by atoms with Crippen molar-refractivity contribution in [2.24, 2.45) is 0 Å². The van der Waals surface area contributed by atoms with Crippen LogP contribution in [0.4, 0.5) is 0 Å². The standard InChI is InChI=1S/C20H18N2O4S/c1-12-3-5-13(6-4-12)18-16(11-17(23)24)19(25)21-20(26)22(18)14-7-9-15(27-2)10-8-14/h3-10H,11H2,1-2H3,(H,23,24)(H,21,25,26). The Labute approximate surface area is 159 Å². The molecule has 0 aliphatic carbocycles. The van der Waals surface area contributed by atoms with Crippen LogP contribution < -0.4 is 11.2 Å². The van der Waals surface area contributed by atoms with E-state index in [1.54, 1.807) is 36.0 Å². The number of hydrogen-bond acceptors (Lipinski definition) is 4. The van der Waals surface area contributed by atoms with Gasteiger partial charge in [-0.3, -0.25) is 19.1 Å². The summed E-state index contributed by atoms with van der Waals surface area (Å²) in [6.07, 6.45) is 1.46. The van der Waals surface area contributed by atoms with Crippen molar-refractivity contribution in [3.8, 4) is 16.9 Å². The van der Waals surface area contributed by atoms with E-state index in [1.165, 1.54) is 4.57 Å². The molecular formula is C20H18N2O4S. The summed E-state index contributed by atoms with van der Waals surface area (Å²) in [6, 6.07) is 14.5. The molecule has 0 aliphatic rings. The summed E-state index contributed by atoms with van der Waals surface area (Å²) < 4.78 is 1.36. The van der Waals surface area contributed by atoms with Gasteiger partial charge in [0.2, 0.25) is 0 Å². The Morgan fingerprint density at radius 3 is 2.26 bits per heavy atom. The van der Waals surface area contributed by atoms with E-state index in [9.17, 15) is 19.5 Å². The maximum Gasteiger partial charge on any atom is 0.333 e. The molecule has 0 aliphatic heterocycles. The van der Waals surface area contributed by atoms with Crippen LogP contribution in [0.15, 0.2) is 63.0 Å². The molecule has 0 fully saturated rings. The van der Waals surface area contributed by atoms with Gasteiger partial charge >= 0.3 is 11.7 Å². The highest BCUT2D eigenvalue weighted by molar-refractivity contribution is 7.98. The highest BCUT2D eigenvalue weighted by atomic mass is 32.2. The van der Waals surface area contributed by atoms with E-state index >= 15 is 0 Å². The molecule has 0 saturated carbocycles. The zero-order chi connectivity index (χ0) is 19.6. The number of benzene rings is 2. The molecule has 7 heteroatoms. The van der Waals surface area contributed by atoms with Crippen molar-refractivity contribution in [3.63, 3.8) is 0 Å². The predicted molar refractivity (Wildman–Crippen MR) is 106 cm³/mol. The van der Waals surface area contributed by atoms with Gasteiger partial charge in [-0.25, -0.2) is 4.79 Å². The Bertz CT molecular complexity index is 1100. The fourth-order valence-corrected chi connectivity index (χ4v) is 3.29. The lowest BCUT2D eigenvalue weighted by Crippen LogP contribution is -2.34. The van der Waals surface area contributed by atoms with Gasteiger partial charge in [0, 0.05) is 4.90 Å². The number of thioether (sulfide) groups is 1. The first-order valence-corrected chi connectivity index (χ1v) is 9.44. The molecule has 3 rings (SSSR count). The molecule has 0 amide bonds. The number of carbonyl (C=O) groups is 1. The van der Waals surface area contributed by atoms with Crippen LogP contribution in [0.25, 0.3) is 16.9 Å². The number of carboxylic acids is 1. The highest BCUT2D eigenvalue weighted by Crippen LogP contribution is 2.25. The van der Waals surface area contributed by atoms with Crippen LogP contribution in [-0.2, 0) is 11.2 Å². The van der Waals surface area contributed by atoms with Gasteiger partial charge in [-0.15, -0.1) is 11.8 Å². The molecule has 2 aromatic carbocycles. The molecular weight excluding hydrogens is 364 g/mol. The normalized spacial score (nSPS) is 10.7. The van der Waals surface area contributed by atoms with E-state index in [1.807, 2.05) is 37.4 Å². The second-order valence-corrected chi connectivity index (χ2v) is 6.94. The maximum absolute atomic E-state index is 12.6. The minimum atomic E-state index is -1.14. The van der Waals surface area contributed by atoms with E-state index in [4.69, 9.17) is 0 Å². The predicted octanol–water partition coefficient (Wildman–Crippen LogP) is 2.85. The van der Waals surface area contributed by atoms with Crippen molar-refractivity contribution in [2.45, 2.75) is 18.2 Å². The van der Waals surface area contributed by atoms with E-state index in [-0.39, 0.29) is 5.56 Å². The van der Waals surface area contributed by atoms with Gasteiger partial charge in [0.25, 0.3) is 5.56 Å². The van der Waals surface area contributed by atoms with E-state index in [0.29, 0.717) is 16.9 Å². The largest absolute Gasteiger partial charge is 0.481 e. The second kappa shape index (κ2) is 7.67. The third-order valence-corrected chi connectivity index (χ3v) is 4.93. The van der Waals surface area contributed by atoms with Gasteiger partial charge in [-0.1, -0.05) is 29.8 Å². The average Bonchev–Trinajstić information content (AvgIpc) is 2.64. The monoisotopic (exact) mass is 382 g/mol. The highest BCUT2D eigenvalue weighted by Gasteiger charge is 2.20. The van der Waals surface area contributed by atoms with Crippen LogP contribution in [0, 0.1) is 6.92 Å². The first-order chi connectivity index (χ1) is 12.9. The first-order valence-electron chi connectivity index (χ1n) is 8.22. The van der Waals surface area contributed by atoms with Crippen LogP contribution in [-0.4, -0.2) is 26.9 Å². The maximum atomic E-state index is 12.6. The molecule has 138 valence electrons. The molecule has 3 aromatic rings. The van der Waals surface area contributed by atoms with Crippen LogP contribution in [0.1, 0.15) is 11.1 Å². The topological polar surface area (TPSA) is 92.2 Å². The number of H-pyrrole nitrogens is 1. The smallest absolute Gasteiger partial charge is 0.333 e. The number of nitrogens with one attached hydrogen (secondary N) is 1. The summed E-state index contributed by atoms with van der Waals surface area (Å²) in [5.41, 5.74) is 1.21. The summed E-state index contributed by atoms with van der Waals surface area (Å²) in [5.74, 6) is -1.14. The molecule has 6 nitrogen and oxygen atoms in total. The van der Waals surface area contributed by atoms with Gasteiger partial charge in [0.15, 0.2) is 0 Å². The number of aromatic nitrogens is 2. The van der Waals surface area contributed by atoms with Crippen molar-refractivity contribution >= 4 is 17.7 Å². The fourth-order valence-electron chi connectivity index (χ4n) is 2.88. The fraction of sp³-hybridized carbons (Fsp3) is 0.150. The van der Waals surface area contributed by atoms with Crippen LogP contribution in [0.2, 0.25) is 0 Å². The van der Waals surface area contributed by atoms with Crippen molar-refractivity contribution in [1.82, 2.24) is 9.55 Å². The van der Waals surface area contributed by atoms with Crippen molar-refractivity contribution in [2.75, 3.05) is 6.26 Å². The lowest BCUT2D eigenvalue weighted by Gasteiger charge is -2.16. The number of aryl methyl sites for hydroxylation is 1. The van der Waals surface area contributed by atoms with Gasteiger partial charge in [-0.05, 0) is 43.0 Å². The summed E-state index contributed by atoms with van der Waals surface area (Å²) >= 11 is 1.57. The van der Waals surface area contributed by atoms with Crippen molar-refractivity contribution in [1.29, 1.82) is 0 Å². The zero-order valence-corrected chi connectivity index (χ0v) is 15.7. The SMILES string of the molecule is CSc1ccc(-n2c(-c3ccc(C)cc3)c(CC(=O)O)c(=O)[nH]c2=O)cc1. The number of aromatic amines is 1. The summed E-state index contributed by atoms with van der Waals surface area (Å²) in [5, 5.41) is 9.26. The number of aliphatic carboxylic acids is 1. The zero-order valence-electron chi connectivity index (χ0n) is 14.9. The Hall–Kier alpha value is -3.06. The van der Waals surface area contributed by atoms with Crippen LogP contribution in [0.3, 0.4) is 0 Å². The molecule has 2 N–H and O–H groups in total. The van der Waals surface area contributed by atoms with Gasteiger partial charge in [0.05, 0.1) is 23.4 Å². The molecule has 27 heavy (non-hydrogen) atoms. The average molecular weight is 382 g/mol. The Balaban J connectivity index is 2.36. The number of nitrogens with zero attached hydrogens (tertiary/aromatic N) is 1. The van der Waals surface area contributed by atoms with Gasteiger partial charge in [0.1, 0.15) is 0 Å². The molecule has 0 atom stereocenters. The van der Waals surface area contributed by atoms with E-state index in [0.717, 1.165) is 10.5 Å². The molecule has 0 saturated heterocycles. The minimum absolute atomic E-state index is 0.0416. The summed E-state index contributed by atoms with van der Waals surface area (Å²) in [7, 11) is 0. The van der Waals surface area contributed by atoms with E-state index < -0.39 is 23.6 Å². The number of rotatable bonds is 5. The molecule has 1 aromatic heterocycles. The Morgan fingerprint density at radius 2 is 1.70 bits per heavy atom.